The van der Waals surface area contributed by atoms with E-state index in [9.17, 15) is 9.59 Å². The number of amides is 2. The van der Waals surface area contributed by atoms with Gasteiger partial charge < -0.3 is 20.3 Å². The molecule has 132 valence electrons. The minimum Gasteiger partial charge on any atom is -0.465 e. The fourth-order valence-corrected chi connectivity index (χ4v) is 2.82. The predicted molar refractivity (Wildman–Crippen MR) is 94.2 cm³/mol. The number of rotatable bonds is 5. The lowest BCUT2D eigenvalue weighted by molar-refractivity contribution is -0.141. The number of benzene rings is 1. The molecule has 2 N–H and O–H groups in total. The largest absolute Gasteiger partial charge is 0.465 e. The zero-order valence-electron chi connectivity index (χ0n) is 14.7. The van der Waals surface area contributed by atoms with Crippen LogP contribution in [0.4, 0.5) is 10.5 Å². The van der Waals surface area contributed by atoms with Crippen LogP contribution in [0.15, 0.2) is 18.2 Å². The van der Waals surface area contributed by atoms with Crippen LogP contribution in [0.5, 0.6) is 0 Å². The first-order valence-electron chi connectivity index (χ1n) is 8.51. The van der Waals surface area contributed by atoms with Crippen molar-refractivity contribution >= 4 is 17.7 Å². The third-order valence-electron chi connectivity index (χ3n) is 4.28. The van der Waals surface area contributed by atoms with Crippen LogP contribution in [-0.2, 0) is 9.53 Å². The molecule has 0 radical (unpaired) electrons. The van der Waals surface area contributed by atoms with E-state index in [0.29, 0.717) is 19.7 Å². The van der Waals surface area contributed by atoms with Crippen LogP contribution in [-0.4, -0.2) is 49.2 Å². The van der Waals surface area contributed by atoms with Crippen molar-refractivity contribution in [1.29, 1.82) is 0 Å². The van der Waals surface area contributed by atoms with E-state index in [1.165, 1.54) is 11.1 Å². The number of esters is 1. The van der Waals surface area contributed by atoms with Crippen molar-refractivity contribution in [1.82, 2.24) is 10.2 Å². The van der Waals surface area contributed by atoms with E-state index < -0.39 is 5.97 Å². The summed E-state index contributed by atoms with van der Waals surface area (Å²) >= 11 is 0. The predicted octanol–water partition coefficient (Wildman–Crippen LogP) is 2.45. The molecule has 0 saturated carbocycles. The van der Waals surface area contributed by atoms with Crippen molar-refractivity contribution in [3.8, 4) is 0 Å². The Morgan fingerprint density at radius 1 is 1.29 bits per heavy atom. The Bertz CT molecular complexity index is 589. The van der Waals surface area contributed by atoms with Gasteiger partial charge in [0, 0.05) is 24.8 Å². The monoisotopic (exact) mass is 333 g/mol. The Balaban J connectivity index is 1.85. The molecule has 1 heterocycles. The molecule has 0 aliphatic carbocycles. The Hall–Kier alpha value is -2.24. The highest BCUT2D eigenvalue weighted by molar-refractivity contribution is 5.81. The number of aryl methyl sites for hydroxylation is 2. The van der Waals surface area contributed by atoms with Crippen LogP contribution in [0.25, 0.3) is 0 Å². The lowest BCUT2D eigenvalue weighted by Crippen LogP contribution is -2.50. The van der Waals surface area contributed by atoms with E-state index in [4.69, 9.17) is 4.74 Å². The smallest absolute Gasteiger partial charge is 0.325 e. The maximum absolute atomic E-state index is 12.2. The average molecular weight is 333 g/mol. The number of hydrogen-bond acceptors (Lipinski definition) is 4. The van der Waals surface area contributed by atoms with E-state index in [1.807, 2.05) is 0 Å². The number of ether oxygens (including phenoxy) is 1. The van der Waals surface area contributed by atoms with Gasteiger partial charge in [0.15, 0.2) is 0 Å². The molecular weight excluding hydrogens is 306 g/mol. The highest BCUT2D eigenvalue weighted by atomic mass is 16.5. The van der Waals surface area contributed by atoms with Crippen molar-refractivity contribution in [3.63, 3.8) is 0 Å². The summed E-state index contributed by atoms with van der Waals surface area (Å²) in [5, 5.41) is 6.13. The molecule has 1 aliphatic rings. The molecule has 1 saturated heterocycles. The van der Waals surface area contributed by atoms with E-state index in [2.05, 4.69) is 42.7 Å². The fraction of sp³-hybridized carbons (Fsp3) is 0.556. The van der Waals surface area contributed by atoms with E-state index in [-0.39, 0.29) is 18.6 Å². The van der Waals surface area contributed by atoms with Gasteiger partial charge in [-0.15, -0.1) is 0 Å². The maximum Gasteiger partial charge on any atom is 0.325 e. The molecule has 0 spiro atoms. The molecule has 2 amide bonds. The Kier molecular flexibility index (Phi) is 6.46. The second kappa shape index (κ2) is 8.57. The molecule has 2 rings (SSSR count). The zero-order valence-corrected chi connectivity index (χ0v) is 14.7. The topological polar surface area (TPSA) is 70.7 Å². The normalized spacial score (nSPS) is 17.3. The molecule has 6 heteroatoms. The molecule has 1 aromatic carbocycles. The average Bonchev–Trinajstić information content (AvgIpc) is 2.56. The lowest BCUT2D eigenvalue weighted by atomic mass is 10.0. The Labute approximate surface area is 143 Å². The number of anilines is 1. The molecule has 1 fully saturated rings. The van der Waals surface area contributed by atoms with Gasteiger partial charge in [-0.1, -0.05) is 6.07 Å². The quantitative estimate of drug-likeness (QED) is 0.812. The van der Waals surface area contributed by atoms with Crippen molar-refractivity contribution < 1.29 is 14.3 Å². The van der Waals surface area contributed by atoms with E-state index in [0.717, 1.165) is 18.5 Å². The summed E-state index contributed by atoms with van der Waals surface area (Å²) in [5.41, 5.74) is 3.60. The Morgan fingerprint density at radius 3 is 2.79 bits per heavy atom. The molecule has 6 nitrogen and oxygen atoms in total. The number of hydrogen-bond donors (Lipinski definition) is 2. The van der Waals surface area contributed by atoms with Crippen LogP contribution in [0.3, 0.4) is 0 Å². The van der Waals surface area contributed by atoms with Gasteiger partial charge in [-0.25, -0.2) is 4.79 Å². The second-order valence-corrected chi connectivity index (χ2v) is 6.19. The van der Waals surface area contributed by atoms with Crippen molar-refractivity contribution in [2.24, 2.45) is 0 Å². The van der Waals surface area contributed by atoms with E-state index >= 15 is 0 Å². The number of nitrogens with one attached hydrogen (secondary N) is 2. The summed E-state index contributed by atoms with van der Waals surface area (Å²) in [4.78, 5) is 25.3. The molecular formula is C18H27N3O3. The number of urea groups is 1. The van der Waals surface area contributed by atoms with Crippen LogP contribution in [0.2, 0.25) is 0 Å². The molecule has 0 aromatic heterocycles. The number of piperidine rings is 1. The minimum absolute atomic E-state index is 0.0849. The van der Waals surface area contributed by atoms with E-state index in [1.54, 1.807) is 11.8 Å². The van der Waals surface area contributed by atoms with Crippen LogP contribution in [0, 0.1) is 13.8 Å². The standard InChI is InChI=1S/C18H27N3O3/c1-4-24-17(22)11-19-18(23)21-9-5-6-16(12-21)20-15-8-7-13(2)14(3)10-15/h7-8,10,16,20H,4-6,9,11-12H2,1-3H3,(H,19,23)/t16-/m0/s1. The number of likely N-dealkylation sites (tertiary alicyclic amines) is 1. The van der Waals surface area contributed by atoms with Crippen molar-refractivity contribution in [3.05, 3.63) is 29.3 Å². The minimum atomic E-state index is -0.410. The summed E-state index contributed by atoms with van der Waals surface area (Å²) in [6, 6.07) is 6.31. The highest BCUT2D eigenvalue weighted by Gasteiger charge is 2.24. The van der Waals surface area contributed by atoms with Gasteiger partial charge in [-0.2, -0.15) is 0 Å². The van der Waals surface area contributed by atoms with Crippen molar-refractivity contribution in [2.75, 3.05) is 31.6 Å². The van der Waals surface area contributed by atoms with Gasteiger partial charge in [-0.05, 0) is 56.9 Å². The first-order valence-corrected chi connectivity index (χ1v) is 8.51. The second-order valence-electron chi connectivity index (χ2n) is 6.19. The summed E-state index contributed by atoms with van der Waals surface area (Å²) in [7, 11) is 0. The van der Waals surface area contributed by atoms with Crippen LogP contribution < -0.4 is 10.6 Å². The first kappa shape index (κ1) is 18.1. The first-order chi connectivity index (χ1) is 11.5. The van der Waals surface area contributed by atoms with Gasteiger partial charge >= 0.3 is 12.0 Å². The summed E-state index contributed by atoms with van der Waals surface area (Å²) in [5.74, 6) is -0.410. The summed E-state index contributed by atoms with van der Waals surface area (Å²) in [6.07, 6.45) is 1.96. The molecule has 1 aromatic rings. The van der Waals surface area contributed by atoms with Crippen molar-refractivity contribution in [2.45, 2.75) is 39.7 Å². The maximum atomic E-state index is 12.2. The van der Waals surface area contributed by atoms with Crippen LogP contribution in [0.1, 0.15) is 30.9 Å². The summed E-state index contributed by atoms with van der Waals surface area (Å²) < 4.78 is 4.82. The van der Waals surface area contributed by atoms with Gasteiger partial charge in [0.1, 0.15) is 6.54 Å². The third-order valence-corrected chi connectivity index (χ3v) is 4.28. The highest BCUT2D eigenvalue weighted by Crippen LogP contribution is 2.19. The zero-order chi connectivity index (χ0) is 17.5. The number of carbonyl (C=O) groups is 2. The molecule has 1 aliphatic heterocycles. The summed E-state index contributed by atoms with van der Waals surface area (Å²) in [6.45, 7) is 7.50. The Morgan fingerprint density at radius 2 is 2.08 bits per heavy atom. The van der Waals surface area contributed by atoms with Gasteiger partial charge in [0.05, 0.1) is 6.61 Å². The number of nitrogens with zero attached hydrogens (tertiary/aromatic N) is 1. The van der Waals surface area contributed by atoms with Crippen LogP contribution >= 0.6 is 0 Å². The number of carbonyl (C=O) groups excluding carboxylic acids is 2. The SMILES string of the molecule is CCOC(=O)CNC(=O)N1CCC[C@H](Nc2ccc(C)c(C)c2)C1. The van der Waals surface area contributed by atoms with Gasteiger partial charge in [0.2, 0.25) is 0 Å². The molecule has 1 atom stereocenters. The molecule has 0 bridgehead atoms. The molecule has 0 unspecified atom stereocenters. The molecule has 24 heavy (non-hydrogen) atoms. The van der Waals surface area contributed by atoms with Gasteiger partial charge in [-0.3, -0.25) is 4.79 Å². The fourth-order valence-electron chi connectivity index (χ4n) is 2.82. The van der Waals surface area contributed by atoms with Gasteiger partial charge in [0.25, 0.3) is 0 Å². The lowest BCUT2D eigenvalue weighted by Gasteiger charge is -2.33. The third kappa shape index (κ3) is 5.15.